The number of halogens is 1. The molecule has 0 radical (unpaired) electrons. The fourth-order valence-electron chi connectivity index (χ4n) is 2.71. The maximum atomic E-state index is 14.1. The molecule has 138 valence electrons. The lowest BCUT2D eigenvalue weighted by Gasteiger charge is -2.15. The molecule has 3 aromatic rings. The molecular weight excluding hydrogens is 349 g/mol. The number of hydrogen-bond acceptors (Lipinski definition) is 4. The molecule has 0 bridgehead atoms. The smallest absolute Gasteiger partial charge is 0.276 e. The van der Waals surface area contributed by atoms with Gasteiger partial charge in [0, 0.05) is 11.8 Å². The highest BCUT2D eigenvalue weighted by Gasteiger charge is 2.19. The van der Waals surface area contributed by atoms with Gasteiger partial charge in [-0.15, -0.1) is 0 Å². The molecule has 0 aliphatic rings. The van der Waals surface area contributed by atoms with Gasteiger partial charge in [-0.3, -0.25) is 9.59 Å². The minimum Gasteiger partial charge on any atom is -0.508 e. The van der Waals surface area contributed by atoms with Crippen molar-refractivity contribution in [3.05, 3.63) is 87.6 Å². The van der Waals surface area contributed by atoms with E-state index in [1.165, 1.54) is 35.0 Å². The van der Waals surface area contributed by atoms with Crippen LogP contribution in [0, 0.1) is 12.7 Å². The number of para-hydroxylation sites is 1. The maximum absolute atomic E-state index is 14.1. The second-order valence-electron chi connectivity index (χ2n) is 6.15. The minimum atomic E-state index is -0.680. The van der Waals surface area contributed by atoms with E-state index >= 15 is 0 Å². The lowest BCUT2D eigenvalue weighted by Crippen LogP contribution is -2.33. The van der Waals surface area contributed by atoms with E-state index in [-0.39, 0.29) is 17.1 Å². The van der Waals surface area contributed by atoms with Gasteiger partial charge in [0.1, 0.15) is 17.3 Å². The van der Waals surface area contributed by atoms with E-state index in [1.54, 1.807) is 38.1 Å². The number of aromatic hydroxyl groups is 1. The molecule has 0 saturated carbocycles. The van der Waals surface area contributed by atoms with Crippen molar-refractivity contribution >= 4 is 5.91 Å². The van der Waals surface area contributed by atoms with E-state index in [0.29, 0.717) is 11.3 Å². The summed E-state index contributed by atoms with van der Waals surface area (Å²) in [5, 5.41) is 16.3. The summed E-state index contributed by atoms with van der Waals surface area (Å²) in [5.74, 6) is -1.12. The monoisotopic (exact) mass is 367 g/mol. The van der Waals surface area contributed by atoms with Crippen LogP contribution >= 0.6 is 0 Å². The van der Waals surface area contributed by atoms with E-state index in [4.69, 9.17) is 0 Å². The average molecular weight is 367 g/mol. The number of rotatable bonds is 4. The van der Waals surface area contributed by atoms with Gasteiger partial charge < -0.3 is 10.4 Å². The fraction of sp³-hybridized carbons (Fsp3) is 0.150. The summed E-state index contributed by atoms with van der Waals surface area (Å²) in [7, 11) is 0. The molecule has 2 N–H and O–H groups in total. The van der Waals surface area contributed by atoms with Crippen molar-refractivity contribution in [1.82, 2.24) is 15.1 Å². The number of phenolic OH excluding ortho intramolecular Hbond substituents is 1. The van der Waals surface area contributed by atoms with Gasteiger partial charge in [0.15, 0.2) is 5.69 Å². The third kappa shape index (κ3) is 3.87. The van der Waals surface area contributed by atoms with Crippen molar-refractivity contribution < 1.29 is 14.3 Å². The van der Waals surface area contributed by atoms with Gasteiger partial charge in [-0.1, -0.05) is 24.3 Å². The Hall–Kier alpha value is -3.48. The van der Waals surface area contributed by atoms with Crippen LogP contribution < -0.4 is 10.7 Å². The Balaban J connectivity index is 1.94. The number of carbonyl (C=O) groups excluding carboxylic acids is 1. The summed E-state index contributed by atoms with van der Waals surface area (Å²) in [6.07, 6.45) is 0. The van der Waals surface area contributed by atoms with Gasteiger partial charge in [-0.25, -0.2) is 9.07 Å². The van der Waals surface area contributed by atoms with Crippen LogP contribution in [0.3, 0.4) is 0 Å². The van der Waals surface area contributed by atoms with Crippen molar-refractivity contribution in [2.75, 3.05) is 0 Å². The van der Waals surface area contributed by atoms with Gasteiger partial charge in [-0.2, -0.15) is 5.10 Å². The SMILES string of the molecule is Cc1cc(=O)c(C(=O)NC(C)c2cccc(O)c2)nn1-c1ccccc1F. The van der Waals surface area contributed by atoms with Crippen molar-refractivity contribution in [2.45, 2.75) is 19.9 Å². The second kappa shape index (κ2) is 7.41. The first-order chi connectivity index (χ1) is 12.9. The third-order valence-corrected chi connectivity index (χ3v) is 4.12. The number of carbonyl (C=O) groups is 1. The van der Waals surface area contributed by atoms with Gasteiger partial charge in [0.05, 0.1) is 6.04 Å². The van der Waals surface area contributed by atoms with Gasteiger partial charge in [-0.05, 0) is 43.7 Å². The van der Waals surface area contributed by atoms with Crippen molar-refractivity contribution in [3.63, 3.8) is 0 Å². The molecule has 27 heavy (non-hydrogen) atoms. The second-order valence-corrected chi connectivity index (χ2v) is 6.15. The zero-order valence-electron chi connectivity index (χ0n) is 14.8. The fourth-order valence-corrected chi connectivity index (χ4v) is 2.71. The van der Waals surface area contributed by atoms with Crippen LogP contribution in [0.25, 0.3) is 5.69 Å². The highest BCUT2D eigenvalue weighted by Crippen LogP contribution is 2.18. The van der Waals surface area contributed by atoms with Crippen LogP contribution in [-0.2, 0) is 0 Å². The number of phenols is 1. The summed E-state index contributed by atoms with van der Waals surface area (Å²) in [4.78, 5) is 24.8. The molecule has 1 amide bonds. The molecular formula is C20H18FN3O3. The van der Waals surface area contributed by atoms with Crippen molar-refractivity contribution in [2.24, 2.45) is 0 Å². The zero-order valence-corrected chi connectivity index (χ0v) is 14.8. The van der Waals surface area contributed by atoms with Gasteiger partial charge >= 0.3 is 0 Å². The first-order valence-electron chi connectivity index (χ1n) is 8.32. The molecule has 0 saturated heterocycles. The summed E-state index contributed by atoms with van der Waals surface area (Å²) in [6.45, 7) is 3.33. The van der Waals surface area contributed by atoms with Crippen LogP contribution in [0.2, 0.25) is 0 Å². The Kier molecular flexibility index (Phi) is 5.03. The number of aromatic nitrogens is 2. The van der Waals surface area contributed by atoms with Crippen LogP contribution in [-0.4, -0.2) is 20.8 Å². The van der Waals surface area contributed by atoms with Crippen LogP contribution in [0.4, 0.5) is 4.39 Å². The van der Waals surface area contributed by atoms with E-state index in [1.807, 2.05) is 0 Å². The van der Waals surface area contributed by atoms with E-state index in [9.17, 15) is 19.1 Å². The van der Waals surface area contributed by atoms with Crippen LogP contribution in [0.1, 0.15) is 34.7 Å². The molecule has 0 aliphatic heterocycles. The predicted molar refractivity (Wildman–Crippen MR) is 98.5 cm³/mol. The molecule has 1 atom stereocenters. The number of amides is 1. The topological polar surface area (TPSA) is 84.2 Å². The van der Waals surface area contributed by atoms with E-state index < -0.39 is 23.2 Å². The van der Waals surface area contributed by atoms with E-state index in [0.717, 1.165) is 0 Å². The number of nitrogens with zero attached hydrogens (tertiary/aromatic N) is 2. The number of hydrogen-bond donors (Lipinski definition) is 2. The molecule has 0 aliphatic carbocycles. The molecule has 2 aromatic carbocycles. The maximum Gasteiger partial charge on any atom is 0.276 e. The van der Waals surface area contributed by atoms with E-state index in [2.05, 4.69) is 10.4 Å². The number of nitrogens with one attached hydrogen (secondary N) is 1. The molecule has 1 unspecified atom stereocenters. The molecule has 6 nitrogen and oxygen atoms in total. The normalized spacial score (nSPS) is 11.8. The quantitative estimate of drug-likeness (QED) is 0.743. The first-order valence-corrected chi connectivity index (χ1v) is 8.32. The Morgan fingerprint density at radius 2 is 1.93 bits per heavy atom. The highest BCUT2D eigenvalue weighted by atomic mass is 19.1. The standard InChI is InChI=1S/C20H18FN3O3/c1-12-10-18(26)19(23-24(12)17-9-4-3-8-16(17)21)20(27)22-13(2)14-6-5-7-15(25)11-14/h3-11,13,25H,1-2H3,(H,22,27). The van der Waals surface area contributed by atoms with Crippen LogP contribution in [0.5, 0.6) is 5.75 Å². The number of aryl methyl sites for hydroxylation is 1. The Labute approximate surface area is 154 Å². The zero-order chi connectivity index (χ0) is 19.6. The van der Waals surface area contributed by atoms with Crippen LogP contribution in [0.15, 0.2) is 59.4 Å². The summed E-state index contributed by atoms with van der Waals surface area (Å²) >= 11 is 0. The minimum absolute atomic E-state index is 0.0731. The summed E-state index contributed by atoms with van der Waals surface area (Å²) in [6, 6.07) is 13.2. The first kappa shape index (κ1) is 18.3. The van der Waals surface area contributed by atoms with Crippen molar-refractivity contribution in [1.29, 1.82) is 0 Å². The molecule has 3 rings (SSSR count). The molecule has 0 spiro atoms. The summed E-state index contributed by atoms with van der Waals surface area (Å²) in [5.41, 5.74) is 0.328. The number of benzene rings is 2. The van der Waals surface area contributed by atoms with Crippen molar-refractivity contribution in [3.8, 4) is 11.4 Å². The van der Waals surface area contributed by atoms with Gasteiger partial charge in [0.25, 0.3) is 5.91 Å². The highest BCUT2D eigenvalue weighted by molar-refractivity contribution is 5.92. The van der Waals surface area contributed by atoms with Gasteiger partial charge in [0.2, 0.25) is 5.43 Å². The lowest BCUT2D eigenvalue weighted by molar-refractivity contribution is 0.0931. The molecule has 0 fully saturated rings. The summed E-state index contributed by atoms with van der Waals surface area (Å²) < 4.78 is 15.3. The average Bonchev–Trinajstić information content (AvgIpc) is 2.62. The Morgan fingerprint density at radius 3 is 2.63 bits per heavy atom. The Morgan fingerprint density at radius 1 is 1.19 bits per heavy atom. The molecule has 1 aromatic heterocycles. The molecule has 1 heterocycles. The Bertz CT molecular complexity index is 1060. The third-order valence-electron chi connectivity index (χ3n) is 4.12. The molecule has 7 heteroatoms. The lowest BCUT2D eigenvalue weighted by atomic mass is 10.1. The predicted octanol–water partition coefficient (Wildman–Crippen LogP) is 2.88. The largest absolute Gasteiger partial charge is 0.508 e.